The first kappa shape index (κ1) is 19.8. The molecule has 0 radical (unpaired) electrons. The van der Waals surface area contributed by atoms with Crippen LogP contribution in [0.2, 0.25) is 5.02 Å². The van der Waals surface area contributed by atoms with E-state index in [1.165, 1.54) is 0 Å². The van der Waals surface area contributed by atoms with Gasteiger partial charge >= 0.3 is 0 Å². The Morgan fingerprint density at radius 3 is 2.69 bits per heavy atom. The van der Waals surface area contributed by atoms with Crippen molar-refractivity contribution in [1.29, 1.82) is 0 Å². The van der Waals surface area contributed by atoms with Crippen molar-refractivity contribution in [2.75, 3.05) is 20.8 Å². The van der Waals surface area contributed by atoms with Gasteiger partial charge in [-0.25, -0.2) is 4.98 Å². The van der Waals surface area contributed by atoms with Crippen LogP contribution in [0.5, 0.6) is 5.75 Å². The maximum atomic E-state index is 6.12. The van der Waals surface area contributed by atoms with Crippen LogP contribution < -0.4 is 4.74 Å². The van der Waals surface area contributed by atoms with E-state index in [0.717, 1.165) is 27.5 Å². The number of imidazole rings is 1. The fraction of sp³-hybridized carbons (Fsp3) is 0.250. The van der Waals surface area contributed by atoms with Crippen molar-refractivity contribution < 1.29 is 14.0 Å². The number of ether oxygens (including phenoxy) is 2. The molecule has 150 valence electrons. The van der Waals surface area contributed by atoms with Crippen molar-refractivity contribution in [3.63, 3.8) is 0 Å². The van der Waals surface area contributed by atoms with Crippen LogP contribution in [0.3, 0.4) is 0 Å². The second-order valence-corrected chi connectivity index (χ2v) is 7.58. The molecule has 0 aliphatic carbocycles. The monoisotopic (exact) mass is 430 g/mol. The number of fused-ring (bicyclic) bond motifs is 1. The molecule has 4 rings (SSSR count). The third-order valence-corrected chi connectivity index (χ3v) is 5.54. The van der Waals surface area contributed by atoms with E-state index >= 15 is 0 Å². The Kier molecular flexibility index (Phi) is 6.03. The summed E-state index contributed by atoms with van der Waals surface area (Å²) in [5, 5.41) is 5.61. The Labute approximate surface area is 177 Å². The fourth-order valence-corrected chi connectivity index (χ4v) is 3.93. The van der Waals surface area contributed by atoms with Gasteiger partial charge in [0.05, 0.1) is 30.5 Å². The molecule has 0 saturated heterocycles. The van der Waals surface area contributed by atoms with Gasteiger partial charge in [0.25, 0.3) is 5.89 Å². The smallest absolute Gasteiger partial charge is 0.257 e. The largest absolute Gasteiger partial charge is 0.497 e. The van der Waals surface area contributed by atoms with Crippen LogP contribution in [-0.4, -0.2) is 40.5 Å². The van der Waals surface area contributed by atoms with E-state index in [4.69, 9.17) is 30.6 Å². The van der Waals surface area contributed by atoms with E-state index in [-0.39, 0.29) is 0 Å². The van der Waals surface area contributed by atoms with E-state index in [0.29, 0.717) is 35.6 Å². The van der Waals surface area contributed by atoms with E-state index in [1.807, 2.05) is 42.5 Å². The second-order valence-electron chi connectivity index (χ2n) is 6.20. The van der Waals surface area contributed by atoms with Crippen molar-refractivity contribution in [3.05, 3.63) is 53.3 Å². The summed E-state index contributed by atoms with van der Waals surface area (Å²) in [6.07, 6.45) is 0. The lowest BCUT2D eigenvalue weighted by molar-refractivity contribution is 0.186. The van der Waals surface area contributed by atoms with Crippen molar-refractivity contribution in [2.45, 2.75) is 17.5 Å². The van der Waals surface area contributed by atoms with Crippen LogP contribution in [0.1, 0.15) is 5.82 Å². The van der Waals surface area contributed by atoms with Gasteiger partial charge in [-0.1, -0.05) is 28.5 Å². The van der Waals surface area contributed by atoms with E-state index < -0.39 is 0 Å². The molecule has 0 fully saturated rings. The minimum absolute atomic E-state index is 0.475. The maximum absolute atomic E-state index is 6.12. The molecule has 0 atom stereocenters. The number of rotatable bonds is 8. The first-order valence-corrected chi connectivity index (χ1v) is 10.3. The number of hydrogen-bond acceptors (Lipinski definition) is 7. The van der Waals surface area contributed by atoms with Gasteiger partial charge < -0.3 is 18.6 Å². The van der Waals surface area contributed by atoms with Crippen LogP contribution in [0.15, 0.2) is 52.1 Å². The predicted octanol–water partition coefficient (Wildman–Crippen LogP) is 4.69. The number of aromatic nitrogens is 4. The average molecular weight is 431 g/mol. The van der Waals surface area contributed by atoms with Crippen LogP contribution in [0, 0.1) is 0 Å². The molecule has 2 aromatic carbocycles. The van der Waals surface area contributed by atoms with Crippen LogP contribution in [0.4, 0.5) is 0 Å². The highest BCUT2D eigenvalue weighted by Crippen LogP contribution is 2.28. The number of thioether (sulfide) groups is 1. The Morgan fingerprint density at radius 2 is 1.93 bits per heavy atom. The molecule has 2 aromatic heterocycles. The van der Waals surface area contributed by atoms with Crippen molar-refractivity contribution in [1.82, 2.24) is 19.7 Å². The lowest BCUT2D eigenvalue weighted by atomic mass is 10.2. The zero-order valence-electron chi connectivity index (χ0n) is 16.0. The minimum Gasteiger partial charge on any atom is -0.497 e. The lowest BCUT2D eigenvalue weighted by Gasteiger charge is -2.07. The highest BCUT2D eigenvalue weighted by Gasteiger charge is 2.14. The molecule has 0 saturated carbocycles. The summed E-state index contributed by atoms with van der Waals surface area (Å²) < 4.78 is 17.9. The van der Waals surface area contributed by atoms with Gasteiger partial charge in [0.15, 0.2) is 11.0 Å². The van der Waals surface area contributed by atoms with Crippen LogP contribution in [-0.2, 0) is 17.0 Å². The van der Waals surface area contributed by atoms with Crippen molar-refractivity contribution in [2.24, 2.45) is 0 Å². The molecular weight excluding hydrogens is 412 g/mol. The zero-order chi connectivity index (χ0) is 20.2. The molecule has 0 N–H and O–H groups in total. The first-order chi connectivity index (χ1) is 14.2. The van der Waals surface area contributed by atoms with Gasteiger partial charge in [0.2, 0.25) is 0 Å². The number of halogens is 1. The predicted molar refractivity (Wildman–Crippen MR) is 112 cm³/mol. The van der Waals surface area contributed by atoms with Gasteiger partial charge in [-0.15, -0.1) is 0 Å². The highest BCUT2D eigenvalue weighted by atomic mass is 35.5. The summed E-state index contributed by atoms with van der Waals surface area (Å²) in [5.41, 5.74) is 2.71. The van der Waals surface area contributed by atoms with Crippen molar-refractivity contribution in [3.8, 4) is 17.2 Å². The topological polar surface area (TPSA) is 75.2 Å². The molecule has 0 aliphatic rings. The minimum atomic E-state index is 0.475. The molecular formula is C20H19ClN4O3S. The number of benzene rings is 2. The molecule has 0 bridgehead atoms. The number of methoxy groups -OCH3 is 2. The van der Waals surface area contributed by atoms with Crippen LogP contribution >= 0.6 is 23.4 Å². The Balaban J connectivity index is 1.52. The Morgan fingerprint density at radius 1 is 1.10 bits per heavy atom. The average Bonchev–Trinajstić information content (AvgIpc) is 3.35. The second kappa shape index (κ2) is 8.86. The normalized spacial score (nSPS) is 11.3. The first-order valence-electron chi connectivity index (χ1n) is 8.92. The maximum Gasteiger partial charge on any atom is 0.257 e. The SMILES string of the molecule is COCCn1c(SCc2noc(-c3ccc(OC)cc3)n2)nc2cc(Cl)ccc21. The third-order valence-electron chi connectivity index (χ3n) is 4.33. The molecule has 4 aromatic rings. The highest BCUT2D eigenvalue weighted by molar-refractivity contribution is 7.98. The quantitative estimate of drug-likeness (QED) is 0.375. The summed E-state index contributed by atoms with van der Waals surface area (Å²) in [6.45, 7) is 1.28. The zero-order valence-corrected chi connectivity index (χ0v) is 17.5. The summed E-state index contributed by atoms with van der Waals surface area (Å²) in [7, 11) is 3.31. The van der Waals surface area contributed by atoms with Gasteiger partial charge in [0, 0.05) is 24.2 Å². The van der Waals surface area contributed by atoms with Crippen LogP contribution in [0.25, 0.3) is 22.5 Å². The molecule has 7 nitrogen and oxygen atoms in total. The summed E-state index contributed by atoms with van der Waals surface area (Å²) in [4.78, 5) is 9.20. The van der Waals surface area contributed by atoms with Gasteiger partial charge in [-0.2, -0.15) is 4.98 Å². The summed E-state index contributed by atoms with van der Waals surface area (Å²) in [5.74, 6) is 2.38. The molecule has 2 heterocycles. The third kappa shape index (κ3) is 4.39. The van der Waals surface area contributed by atoms with E-state index in [2.05, 4.69) is 14.7 Å². The van der Waals surface area contributed by atoms with Gasteiger partial charge in [0.1, 0.15) is 5.75 Å². The molecule has 0 amide bonds. The summed E-state index contributed by atoms with van der Waals surface area (Å²) >= 11 is 7.66. The molecule has 9 heteroatoms. The molecule has 0 spiro atoms. The lowest BCUT2D eigenvalue weighted by Crippen LogP contribution is -2.05. The molecule has 29 heavy (non-hydrogen) atoms. The van der Waals surface area contributed by atoms with E-state index in [9.17, 15) is 0 Å². The Hall–Kier alpha value is -2.55. The van der Waals surface area contributed by atoms with Gasteiger partial charge in [-0.3, -0.25) is 0 Å². The summed E-state index contributed by atoms with van der Waals surface area (Å²) in [6, 6.07) is 13.2. The Bertz CT molecular complexity index is 1110. The number of nitrogens with zero attached hydrogens (tertiary/aromatic N) is 4. The fourth-order valence-electron chi connectivity index (χ4n) is 2.88. The number of hydrogen-bond donors (Lipinski definition) is 0. The van der Waals surface area contributed by atoms with Crippen molar-refractivity contribution >= 4 is 34.4 Å². The molecule has 0 unspecified atom stereocenters. The standard InChI is InChI=1S/C20H19ClN4O3S/c1-26-10-9-25-17-8-5-14(21)11-16(17)22-20(25)29-12-18-23-19(28-24-18)13-3-6-15(27-2)7-4-13/h3-8,11H,9-10,12H2,1-2H3. The molecule has 0 aliphatic heterocycles. The van der Waals surface area contributed by atoms with Gasteiger partial charge in [-0.05, 0) is 42.5 Å². The van der Waals surface area contributed by atoms with E-state index in [1.54, 1.807) is 26.0 Å².